The molecule has 1 aliphatic heterocycles. The van der Waals surface area contributed by atoms with E-state index < -0.39 is 12.1 Å². The Balaban J connectivity index is 1.73. The molecule has 0 unspecified atom stereocenters. The van der Waals surface area contributed by atoms with Crippen LogP contribution in [-0.4, -0.2) is 28.8 Å². The lowest BCUT2D eigenvalue weighted by molar-refractivity contribution is -0.596. The number of nitrogens with one attached hydrogen (secondary N) is 2. The van der Waals surface area contributed by atoms with Gasteiger partial charge < -0.3 is 5.32 Å². The van der Waals surface area contributed by atoms with Gasteiger partial charge in [0.1, 0.15) is 0 Å². The van der Waals surface area contributed by atoms with Gasteiger partial charge in [-0.3, -0.25) is 9.59 Å². The molecule has 1 aliphatic rings. The molecule has 2 atom stereocenters. The highest BCUT2D eigenvalue weighted by molar-refractivity contribution is 6.36. The zero-order valence-corrected chi connectivity index (χ0v) is 19.2. The topological polar surface area (TPSA) is 61.2 Å². The van der Waals surface area contributed by atoms with Crippen LogP contribution in [-0.2, 0) is 4.79 Å². The number of carbonyl (C=O) groups excluding carboxylic acids is 2. The second kappa shape index (κ2) is 9.33. The number of hydrogen-bond acceptors (Lipinski definition) is 2. The van der Waals surface area contributed by atoms with Gasteiger partial charge in [0, 0.05) is 21.2 Å². The molecule has 3 aromatic carbocycles. The fourth-order valence-electron chi connectivity index (χ4n) is 3.61. The Morgan fingerprint density at radius 1 is 1.00 bits per heavy atom. The zero-order chi connectivity index (χ0) is 22.8. The first kappa shape index (κ1) is 22.3. The molecule has 1 saturated heterocycles. The van der Waals surface area contributed by atoms with Crippen molar-refractivity contribution in [2.45, 2.75) is 19.0 Å². The van der Waals surface area contributed by atoms with Gasteiger partial charge in [-0.1, -0.05) is 64.6 Å². The quantitative estimate of drug-likeness (QED) is 0.510. The fraction of sp³-hybridized carbons (Fsp3) is 0.125. The minimum absolute atomic E-state index is 0.334. The molecular weight excluding hydrogens is 469 g/mol. The first-order valence-corrected chi connectivity index (χ1v) is 11.0. The predicted octanol–water partition coefficient (Wildman–Crippen LogP) is 4.97. The highest BCUT2D eigenvalue weighted by atomic mass is 35.5. The summed E-state index contributed by atoms with van der Waals surface area (Å²) < 4.78 is 1.64. The minimum Gasteiger partial charge on any atom is -0.334 e. The molecule has 0 bridgehead atoms. The van der Waals surface area contributed by atoms with Crippen molar-refractivity contribution in [3.05, 3.63) is 104 Å². The van der Waals surface area contributed by atoms with E-state index in [2.05, 4.69) is 10.7 Å². The summed E-state index contributed by atoms with van der Waals surface area (Å²) in [5.41, 5.74) is 5.72. The maximum atomic E-state index is 12.9. The molecule has 1 fully saturated rings. The molecular formula is C24H19Cl3N3O2+. The molecule has 2 N–H and O–H groups in total. The van der Waals surface area contributed by atoms with Crippen LogP contribution in [0.5, 0.6) is 0 Å². The third-order valence-corrected chi connectivity index (χ3v) is 5.97. The van der Waals surface area contributed by atoms with Crippen molar-refractivity contribution >= 4 is 52.8 Å². The molecule has 0 aromatic heterocycles. The van der Waals surface area contributed by atoms with E-state index in [1.807, 2.05) is 25.1 Å². The largest absolute Gasteiger partial charge is 0.334 e. The number of halogens is 3. The van der Waals surface area contributed by atoms with E-state index in [1.54, 1.807) is 59.4 Å². The number of hydrogen-bond donors (Lipinski definition) is 2. The van der Waals surface area contributed by atoms with Crippen LogP contribution in [0, 0.1) is 6.92 Å². The lowest BCUT2D eigenvalue weighted by Gasteiger charge is -2.15. The normalized spacial score (nSPS) is 19.1. The van der Waals surface area contributed by atoms with E-state index in [1.165, 1.54) is 0 Å². The van der Waals surface area contributed by atoms with Gasteiger partial charge in [-0.25, -0.2) is 0 Å². The Labute approximate surface area is 200 Å². The smallest absolute Gasteiger partial charge is 0.304 e. The van der Waals surface area contributed by atoms with Crippen LogP contribution < -0.4 is 10.7 Å². The van der Waals surface area contributed by atoms with Gasteiger partial charge in [0.15, 0.2) is 6.04 Å². The molecule has 0 spiro atoms. The number of hydrazine groups is 1. The molecule has 0 saturated carbocycles. The van der Waals surface area contributed by atoms with Gasteiger partial charge in [-0.05, 0) is 49.4 Å². The average molecular weight is 488 g/mol. The van der Waals surface area contributed by atoms with Gasteiger partial charge in [0.05, 0.1) is 10.6 Å². The molecule has 8 heteroatoms. The second-order valence-corrected chi connectivity index (χ2v) is 8.78. The first-order valence-electron chi connectivity index (χ1n) is 9.83. The number of aryl methyl sites for hydroxylation is 1. The lowest BCUT2D eigenvalue weighted by Crippen LogP contribution is -2.42. The van der Waals surface area contributed by atoms with Crippen molar-refractivity contribution in [2.75, 3.05) is 0 Å². The maximum absolute atomic E-state index is 12.9. The summed E-state index contributed by atoms with van der Waals surface area (Å²) in [4.78, 5) is 25.8. The second-order valence-electron chi connectivity index (χ2n) is 7.50. The predicted molar refractivity (Wildman–Crippen MR) is 127 cm³/mol. The highest BCUT2D eigenvalue weighted by Crippen LogP contribution is 2.28. The van der Waals surface area contributed by atoms with E-state index in [0.29, 0.717) is 26.2 Å². The van der Waals surface area contributed by atoms with Crippen molar-refractivity contribution in [3.8, 4) is 0 Å². The fourth-order valence-corrected chi connectivity index (χ4v) is 4.19. The van der Waals surface area contributed by atoms with Gasteiger partial charge in [-0.15, -0.1) is 10.1 Å². The SMILES string of the molecule is Cc1cccc(C(=O)N[C@@H]2C(=O)N/[N+](=C\c3ccc(Cl)cc3Cl)[C@H]2c2ccc(Cl)cc2)c1. The van der Waals surface area contributed by atoms with Crippen LogP contribution in [0.2, 0.25) is 15.1 Å². The van der Waals surface area contributed by atoms with Crippen molar-refractivity contribution in [2.24, 2.45) is 0 Å². The molecule has 3 aromatic rings. The molecule has 2 amide bonds. The average Bonchev–Trinajstić information content (AvgIpc) is 3.05. The zero-order valence-electron chi connectivity index (χ0n) is 17.0. The Bertz CT molecular complexity index is 1230. The first-order chi connectivity index (χ1) is 15.3. The Morgan fingerprint density at radius 2 is 1.72 bits per heavy atom. The van der Waals surface area contributed by atoms with Crippen LogP contribution in [0.4, 0.5) is 0 Å². The summed E-state index contributed by atoms with van der Waals surface area (Å²) in [5.74, 6) is -0.675. The number of hydrazone groups is 1. The molecule has 0 aliphatic carbocycles. The van der Waals surface area contributed by atoms with Crippen molar-refractivity contribution in [1.82, 2.24) is 10.7 Å². The molecule has 0 radical (unpaired) electrons. The Kier molecular flexibility index (Phi) is 6.51. The van der Waals surface area contributed by atoms with Gasteiger partial charge >= 0.3 is 5.91 Å². The highest BCUT2D eigenvalue weighted by Gasteiger charge is 2.47. The van der Waals surface area contributed by atoms with Crippen molar-refractivity contribution in [3.63, 3.8) is 0 Å². The number of nitrogens with zero attached hydrogens (tertiary/aromatic N) is 1. The van der Waals surface area contributed by atoms with Crippen LogP contribution in [0.15, 0.2) is 66.7 Å². The molecule has 4 rings (SSSR count). The van der Waals surface area contributed by atoms with E-state index in [0.717, 1.165) is 11.1 Å². The molecule has 1 heterocycles. The molecule has 32 heavy (non-hydrogen) atoms. The van der Waals surface area contributed by atoms with E-state index in [9.17, 15) is 9.59 Å². The van der Waals surface area contributed by atoms with Gasteiger partial charge in [-0.2, -0.15) is 0 Å². The van der Waals surface area contributed by atoms with Crippen molar-refractivity contribution in [1.29, 1.82) is 0 Å². The third-order valence-electron chi connectivity index (χ3n) is 5.16. The van der Waals surface area contributed by atoms with Gasteiger partial charge in [0.2, 0.25) is 12.3 Å². The summed E-state index contributed by atoms with van der Waals surface area (Å²) in [5, 5.41) is 4.40. The summed E-state index contributed by atoms with van der Waals surface area (Å²) in [6, 6.07) is 18.1. The monoisotopic (exact) mass is 486 g/mol. The van der Waals surface area contributed by atoms with Crippen LogP contribution in [0.25, 0.3) is 0 Å². The summed E-state index contributed by atoms with van der Waals surface area (Å²) in [7, 11) is 0. The maximum Gasteiger partial charge on any atom is 0.304 e. The number of benzene rings is 3. The minimum atomic E-state index is -0.841. The van der Waals surface area contributed by atoms with Crippen molar-refractivity contribution < 1.29 is 14.3 Å². The van der Waals surface area contributed by atoms with E-state index in [-0.39, 0.29) is 11.8 Å². The van der Waals surface area contributed by atoms with Crippen LogP contribution >= 0.6 is 34.8 Å². The Hall–Kier alpha value is -2.86. The van der Waals surface area contributed by atoms with E-state index >= 15 is 0 Å². The van der Waals surface area contributed by atoms with E-state index in [4.69, 9.17) is 34.8 Å². The number of rotatable bonds is 4. The summed E-state index contributed by atoms with van der Waals surface area (Å²) in [6.45, 7) is 1.90. The Morgan fingerprint density at radius 3 is 2.41 bits per heavy atom. The number of carbonyl (C=O) groups is 2. The van der Waals surface area contributed by atoms with Crippen LogP contribution in [0.3, 0.4) is 0 Å². The molecule has 162 valence electrons. The summed E-state index contributed by atoms with van der Waals surface area (Å²) >= 11 is 18.4. The van der Waals surface area contributed by atoms with Gasteiger partial charge in [0.25, 0.3) is 5.91 Å². The molecule has 5 nitrogen and oxygen atoms in total. The third kappa shape index (κ3) is 4.80. The summed E-state index contributed by atoms with van der Waals surface area (Å²) in [6.07, 6.45) is 1.72. The lowest BCUT2D eigenvalue weighted by atomic mass is 9.99. The standard InChI is InChI=1S/C24H18Cl3N3O2/c1-14-3-2-4-16(11-14)23(31)28-21-22(15-5-8-18(25)9-6-15)30(29-24(21)32)13-17-7-10-19(26)12-20(17)27/h2-13,21-22H,1H3,(H-,28,29,31,32)/p+1/b30-13-/t21-,22-/m0/s1. The van der Waals surface area contributed by atoms with Crippen LogP contribution in [0.1, 0.15) is 33.1 Å². The number of amides is 2.